The number of allylic oxidation sites excluding steroid dienone is 2. The summed E-state index contributed by atoms with van der Waals surface area (Å²) in [4.78, 5) is 29.3. The predicted molar refractivity (Wildman–Crippen MR) is 71.6 cm³/mol. The van der Waals surface area contributed by atoms with E-state index in [1.807, 2.05) is 0 Å². The highest BCUT2D eigenvalue weighted by Crippen LogP contribution is 2.15. The second-order valence-corrected chi connectivity index (χ2v) is 4.95. The van der Waals surface area contributed by atoms with Crippen LogP contribution in [-0.4, -0.2) is 20.9 Å². The maximum Gasteiger partial charge on any atom is 0.307 e. The Morgan fingerprint density at radius 2 is 2.16 bits per heavy atom. The first kappa shape index (κ1) is 11.6. The zero-order valence-electron chi connectivity index (χ0n) is 9.58. The number of aromatic amines is 1. The summed E-state index contributed by atoms with van der Waals surface area (Å²) < 4.78 is 0. The third-order valence-electron chi connectivity index (χ3n) is 2.64. The van der Waals surface area contributed by atoms with Gasteiger partial charge in [-0.05, 0) is 18.2 Å². The van der Waals surface area contributed by atoms with Crippen LogP contribution >= 0.6 is 11.3 Å². The van der Waals surface area contributed by atoms with Crippen LogP contribution in [-0.2, 0) is 0 Å². The van der Waals surface area contributed by atoms with Gasteiger partial charge in [-0.25, -0.2) is 4.98 Å². The summed E-state index contributed by atoms with van der Waals surface area (Å²) in [5, 5.41) is 10.8. The molecule has 1 aliphatic carbocycles. The molecular formula is C13H8N2O3S. The van der Waals surface area contributed by atoms with Gasteiger partial charge in [-0.1, -0.05) is 29.6 Å². The summed E-state index contributed by atoms with van der Waals surface area (Å²) in [6.45, 7) is 0. The maximum absolute atomic E-state index is 11.7. The molecule has 2 N–H and O–H groups in total. The van der Waals surface area contributed by atoms with E-state index in [0.29, 0.717) is 15.9 Å². The molecule has 19 heavy (non-hydrogen) atoms. The van der Waals surface area contributed by atoms with Gasteiger partial charge >= 0.3 is 4.87 Å². The Labute approximate surface area is 110 Å². The number of aromatic nitrogens is 2. The zero-order valence-corrected chi connectivity index (χ0v) is 10.4. The van der Waals surface area contributed by atoms with E-state index in [1.165, 1.54) is 6.08 Å². The molecule has 0 radical (unpaired) electrons. The molecule has 2 aromatic heterocycles. The summed E-state index contributed by atoms with van der Waals surface area (Å²) in [6, 6.07) is 3.51. The predicted octanol–water partition coefficient (Wildman–Crippen LogP) is -0.101. The van der Waals surface area contributed by atoms with Crippen molar-refractivity contribution in [3.05, 3.63) is 55.1 Å². The summed E-state index contributed by atoms with van der Waals surface area (Å²) in [5.74, 6) is -0.341. The molecule has 2 aromatic rings. The van der Waals surface area contributed by atoms with Gasteiger partial charge in [-0.2, -0.15) is 0 Å². The topological polar surface area (TPSA) is 83.0 Å². The average molecular weight is 272 g/mol. The van der Waals surface area contributed by atoms with Crippen molar-refractivity contribution in [1.82, 2.24) is 9.97 Å². The van der Waals surface area contributed by atoms with Crippen LogP contribution in [0.2, 0.25) is 0 Å². The fraction of sp³-hybridized carbons (Fsp3) is 0. The molecule has 0 saturated heterocycles. The Morgan fingerprint density at radius 3 is 2.89 bits per heavy atom. The minimum atomic E-state index is -0.339. The van der Waals surface area contributed by atoms with Crippen LogP contribution in [0.15, 0.2) is 29.1 Å². The van der Waals surface area contributed by atoms with Gasteiger partial charge in [0.05, 0.1) is 10.2 Å². The number of H-pyrrole nitrogens is 1. The first-order valence-electron chi connectivity index (χ1n) is 5.47. The van der Waals surface area contributed by atoms with Gasteiger partial charge in [-0.15, -0.1) is 0 Å². The number of nitrogens with zero attached hydrogens (tertiary/aromatic N) is 1. The normalized spacial score (nSPS) is 14.3. The Kier molecular flexibility index (Phi) is 2.64. The minimum absolute atomic E-state index is 0.153. The van der Waals surface area contributed by atoms with Crippen molar-refractivity contribution in [3.63, 3.8) is 0 Å². The number of fused-ring (bicyclic) bond motifs is 1. The second kappa shape index (κ2) is 4.33. The molecule has 0 amide bonds. The molecule has 3 rings (SSSR count). The number of hydrogen-bond donors (Lipinski definition) is 2. The van der Waals surface area contributed by atoms with E-state index >= 15 is 0 Å². The molecule has 0 saturated carbocycles. The van der Waals surface area contributed by atoms with Crippen molar-refractivity contribution < 1.29 is 9.90 Å². The number of nitrogens with one attached hydrogen (secondary N) is 1. The van der Waals surface area contributed by atoms with Crippen LogP contribution in [0.3, 0.4) is 0 Å². The van der Waals surface area contributed by atoms with Crippen molar-refractivity contribution in [1.29, 1.82) is 0 Å². The average Bonchev–Trinajstić information content (AvgIpc) is 2.69. The number of carbonyl (C=O) groups excluding carboxylic acids is 1. The van der Waals surface area contributed by atoms with Crippen LogP contribution < -0.4 is 15.4 Å². The molecule has 0 atom stereocenters. The summed E-state index contributed by atoms with van der Waals surface area (Å²) in [5.41, 5.74) is 0.374. The summed E-state index contributed by atoms with van der Waals surface area (Å²) in [6.07, 6.45) is 6.49. The second-order valence-electron chi connectivity index (χ2n) is 3.94. The van der Waals surface area contributed by atoms with E-state index in [0.717, 1.165) is 16.6 Å². The van der Waals surface area contributed by atoms with Gasteiger partial charge in [0.25, 0.3) is 0 Å². The van der Waals surface area contributed by atoms with E-state index in [2.05, 4.69) is 9.97 Å². The quantitative estimate of drug-likeness (QED) is 0.759. The van der Waals surface area contributed by atoms with E-state index in [-0.39, 0.29) is 16.5 Å². The number of hydrogen-bond acceptors (Lipinski definition) is 5. The van der Waals surface area contributed by atoms with Crippen molar-refractivity contribution >= 4 is 29.3 Å². The molecule has 1 aliphatic rings. The van der Waals surface area contributed by atoms with Gasteiger partial charge in [-0.3, -0.25) is 14.6 Å². The summed E-state index contributed by atoms with van der Waals surface area (Å²) in [7, 11) is 0. The number of pyridine rings is 1. The molecule has 0 fully saturated rings. The van der Waals surface area contributed by atoms with Crippen LogP contribution in [0.4, 0.5) is 0 Å². The molecular weight excluding hydrogens is 264 g/mol. The lowest BCUT2D eigenvalue weighted by molar-refractivity contribution is 0.104. The van der Waals surface area contributed by atoms with Crippen molar-refractivity contribution in [2.75, 3.05) is 0 Å². The van der Waals surface area contributed by atoms with Crippen molar-refractivity contribution in [2.24, 2.45) is 0 Å². The Morgan fingerprint density at radius 1 is 1.32 bits per heavy atom. The third-order valence-corrected chi connectivity index (χ3v) is 3.46. The number of rotatable bonds is 1. The zero-order chi connectivity index (χ0) is 13.4. The standard InChI is InChI=1S/C13H8N2O3S/c16-9-3-1-2-7-4-5-8(14-11(7)9)6-10-12(17)15-13(18)19-10/h1-6,17H,(H,15,18). The number of ketones is 1. The van der Waals surface area contributed by atoms with Crippen LogP contribution in [0, 0.1) is 0 Å². The minimum Gasteiger partial charge on any atom is -0.493 e. The highest BCUT2D eigenvalue weighted by atomic mass is 32.1. The smallest absolute Gasteiger partial charge is 0.307 e. The van der Waals surface area contributed by atoms with Gasteiger partial charge in [0, 0.05) is 5.22 Å². The molecule has 2 heterocycles. The van der Waals surface area contributed by atoms with Crippen LogP contribution in [0.25, 0.3) is 12.2 Å². The lowest BCUT2D eigenvalue weighted by Crippen LogP contribution is -2.24. The Bertz CT molecular complexity index is 874. The van der Waals surface area contributed by atoms with E-state index < -0.39 is 0 Å². The van der Waals surface area contributed by atoms with E-state index in [9.17, 15) is 14.7 Å². The van der Waals surface area contributed by atoms with Gasteiger partial charge in [0.2, 0.25) is 11.7 Å². The molecule has 94 valence electrons. The number of carbonyl (C=O) groups is 1. The van der Waals surface area contributed by atoms with Crippen LogP contribution in [0.1, 0.15) is 15.4 Å². The van der Waals surface area contributed by atoms with Crippen molar-refractivity contribution in [3.8, 4) is 5.88 Å². The molecule has 0 unspecified atom stereocenters. The monoisotopic (exact) mass is 272 g/mol. The molecule has 0 spiro atoms. The molecule has 0 aliphatic heterocycles. The third kappa shape index (κ3) is 2.13. The number of aromatic hydroxyl groups is 1. The highest BCUT2D eigenvalue weighted by molar-refractivity contribution is 7.10. The SMILES string of the molecule is O=C1C=CC=c2ccc(=Cc3sc(=O)[nH]c3O)nc21. The van der Waals surface area contributed by atoms with E-state index in [1.54, 1.807) is 30.4 Å². The van der Waals surface area contributed by atoms with Crippen molar-refractivity contribution in [2.45, 2.75) is 0 Å². The lowest BCUT2D eigenvalue weighted by atomic mass is 10.1. The molecule has 0 bridgehead atoms. The fourth-order valence-corrected chi connectivity index (χ4v) is 2.45. The van der Waals surface area contributed by atoms with E-state index in [4.69, 9.17) is 0 Å². The first-order chi connectivity index (χ1) is 9.13. The largest absolute Gasteiger partial charge is 0.493 e. The molecule has 5 nitrogen and oxygen atoms in total. The molecule has 0 aromatic carbocycles. The maximum atomic E-state index is 11.7. The Balaban J connectivity index is 2.19. The highest BCUT2D eigenvalue weighted by Gasteiger charge is 2.09. The molecule has 6 heteroatoms. The lowest BCUT2D eigenvalue weighted by Gasteiger charge is -2.00. The van der Waals surface area contributed by atoms with Gasteiger partial charge < -0.3 is 5.11 Å². The van der Waals surface area contributed by atoms with Crippen LogP contribution in [0.5, 0.6) is 5.88 Å². The fourth-order valence-electron chi connectivity index (χ4n) is 1.78. The Hall–Kier alpha value is -2.47. The first-order valence-corrected chi connectivity index (χ1v) is 6.29. The summed E-state index contributed by atoms with van der Waals surface area (Å²) >= 11 is 0.884. The van der Waals surface area contributed by atoms with Gasteiger partial charge in [0.15, 0.2) is 0 Å². The van der Waals surface area contributed by atoms with Gasteiger partial charge in [0.1, 0.15) is 5.69 Å². The number of thiazole rings is 1.